The molecule has 0 saturated carbocycles. The summed E-state index contributed by atoms with van der Waals surface area (Å²) in [6, 6.07) is 1.69. The van der Waals surface area contributed by atoms with E-state index in [0.29, 0.717) is 18.1 Å². The number of carbonyl (C=O) groups is 1. The molecular weight excluding hydrogens is 314 g/mol. The summed E-state index contributed by atoms with van der Waals surface area (Å²) >= 11 is 1.57. The maximum absolute atomic E-state index is 12.0. The summed E-state index contributed by atoms with van der Waals surface area (Å²) in [5, 5.41) is 20.0. The zero-order valence-corrected chi connectivity index (χ0v) is 14.5. The molecule has 1 unspecified atom stereocenters. The monoisotopic (exact) mass is 337 g/mol. The fourth-order valence-corrected chi connectivity index (χ4v) is 2.92. The summed E-state index contributed by atoms with van der Waals surface area (Å²) in [4.78, 5) is 16.3. The van der Waals surface area contributed by atoms with Crippen molar-refractivity contribution in [2.75, 3.05) is 6.61 Å². The SMILES string of the molecule is CC(C)(C)CC(CO)NC(=O)CCc1nc(-c2ccsc2)no1. The molecule has 1 amide bonds. The lowest BCUT2D eigenvalue weighted by molar-refractivity contribution is -0.122. The van der Waals surface area contributed by atoms with Crippen molar-refractivity contribution in [3.05, 3.63) is 22.7 Å². The Balaban J connectivity index is 1.82. The summed E-state index contributed by atoms with van der Waals surface area (Å²) in [6.45, 7) is 6.16. The minimum Gasteiger partial charge on any atom is -0.394 e. The van der Waals surface area contributed by atoms with Gasteiger partial charge >= 0.3 is 0 Å². The average molecular weight is 337 g/mol. The molecule has 0 radical (unpaired) electrons. The Labute approximate surface area is 139 Å². The van der Waals surface area contributed by atoms with Crippen molar-refractivity contribution in [2.45, 2.75) is 46.1 Å². The number of amides is 1. The van der Waals surface area contributed by atoms with Gasteiger partial charge in [0.25, 0.3) is 0 Å². The van der Waals surface area contributed by atoms with Gasteiger partial charge in [0.05, 0.1) is 12.6 Å². The smallest absolute Gasteiger partial charge is 0.227 e. The number of aliphatic hydroxyl groups is 1. The van der Waals surface area contributed by atoms with Crippen LogP contribution in [-0.2, 0) is 11.2 Å². The maximum atomic E-state index is 12.0. The lowest BCUT2D eigenvalue weighted by Crippen LogP contribution is -2.40. The lowest BCUT2D eigenvalue weighted by Gasteiger charge is -2.25. The Hall–Kier alpha value is -1.73. The van der Waals surface area contributed by atoms with E-state index in [1.54, 1.807) is 11.3 Å². The fraction of sp³-hybridized carbons (Fsp3) is 0.562. The van der Waals surface area contributed by atoms with Gasteiger partial charge in [-0.3, -0.25) is 4.79 Å². The van der Waals surface area contributed by atoms with Crippen LogP contribution in [-0.4, -0.2) is 33.8 Å². The lowest BCUT2D eigenvalue weighted by atomic mass is 9.88. The van der Waals surface area contributed by atoms with Crippen LogP contribution < -0.4 is 5.32 Å². The number of hydrogen-bond donors (Lipinski definition) is 2. The summed E-state index contributed by atoms with van der Waals surface area (Å²) in [5.41, 5.74) is 0.961. The van der Waals surface area contributed by atoms with Gasteiger partial charge in [-0.1, -0.05) is 25.9 Å². The molecule has 2 aromatic heterocycles. The Kier molecular flexibility index (Phi) is 5.90. The summed E-state index contributed by atoms with van der Waals surface area (Å²) in [5.74, 6) is 0.865. The number of nitrogens with one attached hydrogen (secondary N) is 1. The average Bonchev–Trinajstić information content (AvgIpc) is 3.13. The Morgan fingerprint density at radius 1 is 1.48 bits per heavy atom. The third kappa shape index (κ3) is 5.76. The molecule has 6 nitrogen and oxygen atoms in total. The van der Waals surface area contributed by atoms with Crippen molar-refractivity contribution in [1.29, 1.82) is 0 Å². The topological polar surface area (TPSA) is 88.2 Å². The molecule has 0 aliphatic rings. The van der Waals surface area contributed by atoms with Crippen molar-refractivity contribution in [2.24, 2.45) is 5.41 Å². The van der Waals surface area contributed by atoms with E-state index in [1.165, 1.54) is 0 Å². The molecule has 2 N–H and O–H groups in total. The van der Waals surface area contributed by atoms with Gasteiger partial charge in [0.15, 0.2) is 0 Å². The second-order valence-corrected chi connectivity index (χ2v) is 7.52. The van der Waals surface area contributed by atoms with E-state index < -0.39 is 0 Å². The first-order valence-electron chi connectivity index (χ1n) is 7.63. The van der Waals surface area contributed by atoms with Crippen LogP contribution in [0.25, 0.3) is 11.4 Å². The predicted octanol–water partition coefficient (Wildman–Crippen LogP) is 2.64. The molecule has 23 heavy (non-hydrogen) atoms. The molecule has 0 fully saturated rings. The van der Waals surface area contributed by atoms with Gasteiger partial charge in [-0.2, -0.15) is 16.3 Å². The van der Waals surface area contributed by atoms with E-state index in [0.717, 1.165) is 12.0 Å². The minimum absolute atomic E-state index is 0.0442. The van der Waals surface area contributed by atoms with E-state index in [-0.39, 0.29) is 30.4 Å². The molecule has 0 spiro atoms. The first-order chi connectivity index (χ1) is 10.9. The number of carbonyl (C=O) groups excluding carboxylic acids is 1. The number of aliphatic hydroxyl groups excluding tert-OH is 1. The zero-order valence-electron chi connectivity index (χ0n) is 13.7. The van der Waals surface area contributed by atoms with E-state index in [4.69, 9.17) is 4.52 Å². The predicted molar refractivity (Wildman–Crippen MR) is 89.0 cm³/mol. The van der Waals surface area contributed by atoms with Crippen LogP contribution in [0.3, 0.4) is 0 Å². The molecule has 2 rings (SSSR count). The standard InChI is InChI=1S/C16H23N3O3S/c1-16(2,3)8-12(9-20)17-13(21)4-5-14-18-15(19-22-14)11-6-7-23-10-11/h6-7,10,12,20H,4-5,8-9H2,1-3H3,(H,17,21). The summed E-state index contributed by atoms with van der Waals surface area (Å²) in [6.07, 6.45) is 1.36. The number of aryl methyl sites for hydroxylation is 1. The number of nitrogens with zero attached hydrogens (tertiary/aromatic N) is 2. The highest BCUT2D eigenvalue weighted by Gasteiger charge is 2.20. The van der Waals surface area contributed by atoms with E-state index in [9.17, 15) is 9.90 Å². The van der Waals surface area contributed by atoms with Gasteiger partial charge in [-0.05, 0) is 23.3 Å². The Bertz CT molecular complexity index is 617. The Morgan fingerprint density at radius 3 is 2.87 bits per heavy atom. The fourth-order valence-electron chi connectivity index (χ4n) is 2.29. The van der Waals surface area contributed by atoms with Gasteiger partial charge in [-0.15, -0.1) is 0 Å². The van der Waals surface area contributed by atoms with E-state index >= 15 is 0 Å². The van der Waals surface area contributed by atoms with E-state index in [1.807, 2.05) is 16.8 Å². The van der Waals surface area contributed by atoms with Gasteiger partial charge in [0.1, 0.15) is 0 Å². The third-order valence-corrected chi connectivity index (χ3v) is 3.94. The van der Waals surface area contributed by atoms with Gasteiger partial charge < -0.3 is 14.9 Å². The number of aromatic nitrogens is 2. The number of thiophene rings is 1. The van der Waals surface area contributed by atoms with Crippen molar-refractivity contribution in [3.63, 3.8) is 0 Å². The molecule has 2 aromatic rings. The molecule has 2 heterocycles. The Morgan fingerprint density at radius 2 is 2.26 bits per heavy atom. The largest absolute Gasteiger partial charge is 0.394 e. The molecule has 0 bridgehead atoms. The van der Waals surface area contributed by atoms with Crippen LogP contribution in [0.2, 0.25) is 0 Å². The van der Waals surface area contributed by atoms with Crippen molar-refractivity contribution in [1.82, 2.24) is 15.5 Å². The van der Waals surface area contributed by atoms with Crippen LogP contribution in [0.1, 0.15) is 39.5 Å². The normalized spacial score (nSPS) is 13.0. The molecular formula is C16H23N3O3S. The highest BCUT2D eigenvalue weighted by molar-refractivity contribution is 7.08. The summed E-state index contributed by atoms with van der Waals surface area (Å²) in [7, 11) is 0. The van der Waals surface area contributed by atoms with Crippen molar-refractivity contribution < 1.29 is 14.4 Å². The minimum atomic E-state index is -0.230. The van der Waals surface area contributed by atoms with Gasteiger partial charge in [0.2, 0.25) is 17.6 Å². The van der Waals surface area contributed by atoms with Crippen LogP contribution in [0.5, 0.6) is 0 Å². The molecule has 0 aliphatic heterocycles. The van der Waals surface area contributed by atoms with Gasteiger partial charge in [0, 0.05) is 23.8 Å². The first-order valence-corrected chi connectivity index (χ1v) is 8.57. The molecule has 1 atom stereocenters. The van der Waals surface area contributed by atoms with Gasteiger partial charge in [-0.25, -0.2) is 0 Å². The first kappa shape index (κ1) is 17.6. The highest BCUT2D eigenvalue weighted by Crippen LogP contribution is 2.21. The van der Waals surface area contributed by atoms with Crippen LogP contribution in [0.4, 0.5) is 0 Å². The quantitative estimate of drug-likeness (QED) is 0.811. The molecule has 126 valence electrons. The molecule has 0 aromatic carbocycles. The molecule has 0 saturated heterocycles. The second kappa shape index (κ2) is 7.70. The second-order valence-electron chi connectivity index (χ2n) is 6.74. The number of rotatable bonds is 7. The van der Waals surface area contributed by atoms with E-state index in [2.05, 4.69) is 36.2 Å². The third-order valence-electron chi connectivity index (χ3n) is 3.26. The highest BCUT2D eigenvalue weighted by atomic mass is 32.1. The molecule has 7 heteroatoms. The van der Waals surface area contributed by atoms with Crippen LogP contribution in [0.15, 0.2) is 21.3 Å². The molecule has 0 aliphatic carbocycles. The van der Waals surface area contributed by atoms with Crippen molar-refractivity contribution in [3.8, 4) is 11.4 Å². The zero-order chi connectivity index (χ0) is 16.9. The van der Waals surface area contributed by atoms with Crippen molar-refractivity contribution >= 4 is 17.2 Å². The maximum Gasteiger partial charge on any atom is 0.227 e. The summed E-state index contributed by atoms with van der Waals surface area (Å²) < 4.78 is 5.16. The van der Waals surface area contributed by atoms with Crippen LogP contribution >= 0.6 is 11.3 Å². The van der Waals surface area contributed by atoms with Crippen LogP contribution in [0, 0.1) is 5.41 Å². The number of hydrogen-bond acceptors (Lipinski definition) is 6.